The molecule has 2 rings (SSSR count). The maximum Gasteiger partial charge on any atom is 0.339 e. The zero-order chi connectivity index (χ0) is 12.6. The Kier molecular flexibility index (Phi) is 2.55. The van der Waals surface area contributed by atoms with Crippen molar-refractivity contribution in [3.63, 3.8) is 0 Å². The lowest BCUT2D eigenvalue weighted by Gasteiger charge is -2.03. The van der Waals surface area contributed by atoms with E-state index in [0.717, 1.165) is 11.3 Å². The maximum atomic E-state index is 11.0. The van der Waals surface area contributed by atoms with E-state index in [2.05, 4.69) is 10.1 Å². The molecule has 2 aromatic heterocycles. The largest absolute Gasteiger partial charge is 0.478 e. The highest BCUT2D eigenvalue weighted by atomic mass is 16.4. The van der Waals surface area contributed by atoms with Crippen molar-refractivity contribution in [2.45, 2.75) is 6.92 Å². The number of anilines is 1. The summed E-state index contributed by atoms with van der Waals surface area (Å²) in [5.74, 6) is -1.07. The number of nitrogen functional groups attached to an aromatic ring is 1. The number of aromatic nitrogens is 3. The molecule has 88 valence electrons. The van der Waals surface area contributed by atoms with Gasteiger partial charge in [0.25, 0.3) is 0 Å². The maximum absolute atomic E-state index is 11.0. The van der Waals surface area contributed by atoms with E-state index >= 15 is 0 Å². The van der Waals surface area contributed by atoms with Crippen molar-refractivity contribution in [3.05, 3.63) is 29.7 Å². The van der Waals surface area contributed by atoms with E-state index in [0.29, 0.717) is 5.56 Å². The molecule has 2 heterocycles. The van der Waals surface area contributed by atoms with Gasteiger partial charge in [-0.1, -0.05) is 0 Å². The Hall–Kier alpha value is -2.37. The van der Waals surface area contributed by atoms with Gasteiger partial charge in [-0.05, 0) is 13.0 Å². The standard InChI is InChI=1S/C11H12N4O2/c1-6-9(5-15(2)14-6)7-3-8(11(16)17)10(12)13-4-7/h3-5H,1-2H3,(H2,12,13)(H,16,17). The Labute approximate surface area is 97.7 Å². The van der Waals surface area contributed by atoms with E-state index in [4.69, 9.17) is 10.8 Å². The van der Waals surface area contributed by atoms with Crippen LogP contribution < -0.4 is 5.73 Å². The van der Waals surface area contributed by atoms with E-state index in [-0.39, 0.29) is 11.4 Å². The Morgan fingerprint density at radius 3 is 2.76 bits per heavy atom. The van der Waals surface area contributed by atoms with Gasteiger partial charge in [-0.3, -0.25) is 4.68 Å². The molecule has 0 aliphatic rings. The molecule has 6 heteroatoms. The molecule has 0 aliphatic heterocycles. The highest BCUT2D eigenvalue weighted by molar-refractivity contribution is 5.94. The molecule has 2 aromatic rings. The molecule has 0 amide bonds. The van der Waals surface area contributed by atoms with Crippen LogP contribution in [0.3, 0.4) is 0 Å². The SMILES string of the molecule is Cc1nn(C)cc1-c1cnc(N)c(C(=O)O)c1. The van der Waals surface area contributed by atoms with Crippen LogP contribution in [0.25, 0.3) is 11.1 Å². The molecule has 0 aliphatic carbocycles. The summed E-state index contributed by atoms with van der Waals surface area (Å²) in [5, 5.41) is 13.2. The number of pyridine rings is 1. The number of rotatable bonds is 2. The first-order valence-electron chi connectivity index (χ1n) is 4.98. The van der Waals surface area contributed by atoms with Gasteiger partial charge >= 0.3 is 5.97 Å². The molecular weight excluding hydrogens is 220 g/mol. The van der Waals surface area contributed by atoms with Gasteiger partial charge < -0.3 is 10.8 Å². The topological polar surface area (TPSA) is 94.0 Å². The highest BCUT2D eigenvalue weighted by Gasteiger charge is 2.13. The fraction of sp³-hybridized carbons (Fsp3) is 0.182. The minimum absolute atomic E-state index is 0.00533. The summed E-state index contributed by atoms with van der Waals surface area (Å²) < 4.78 is 1.67. The monoisotopic (exact) mass is 232 g/mol. The average Bonchev–Trinajstić information content (AvgIpc) is 2.58. The fourth-order valence-electron chi connectivity index (χ4n) is 1.68. The van der Waals surface area contributed by atoms with Gasteiger partial charge in [0.05, 0.1) is 5.69 Å². The van der Waals surface area contributed by atoms with Gasteiger partial charge in [-0.15, -0.1) is 0 Å². The van der Waals surface area contributed by atoms with Gasteiger partial charge in [0.15, 0.2) is 0 Å². The molecule has 0 saturated carbocycles. The number of nitrogens with two attached hydrogens (primary N) is 1. The second-order valence-electron chi connectivity index (χ2n) is 3.76. The molecule has 0 saturated heterocycles. The summed E-state index contributed by atoms with van der Waals surface area (Å²) >= 11 is 0. The van der Waals surface area contributed by atoms with Crippen molar-refractivity contribution in [3.8, 4) is 11.1 Å². The number of aryl methyl sites for hydroxylation is 2. The van der Waals surface area contributed by atoms with Crippen LogP contribution in [0.4, 0.5) is 5.82 Å². The van der Waals surface area contributed by atoms with Crippen molar-refractivity contribution < 1.29 is 9.90 Å². The number of carboxylic acid groups (broad SMARTS) is 1. The normalized spacial score (nSPS) is 10.5. The van der Waals surface area contributed by atoms with Crippen LogP contribution in [-0.4, -0.2) is 25.8 Å². The predicted octanol–water partition coefficient (Wildman–Crippen LogP) is 1.07. The second-order valence-corrected chi connectivity index (χ2v) is 3.76. The lowest BCUT2D eigenvalue weighted by atomic mass is 10.1. The van der Waals surface area contributed by atoms with Crippen molar-refractivity contribution in [2.75, 3.05) is 5.73 Å². The van der Waals surface area contributed by atoms with Crippen molar-refractivity contribution in [1.82, 2.24) is 14.8 Å². The summed E-state index contributed by atoms with van der Waals surface area (Å²) in [6.45, 7) is 1.85. The number of aromatic carboxylic acids is 1. The average molecular weight is 232 g/mol. The molecule has 0 atom stereocenters. The third-order valence-electron chi connectivity index (χ3n) is 2.47. The predicted molar refractivity (Wildman–Crippen MR) is 62.5 cm³/mol. The summed E-state index contributed by atoms with van der Waals surface area (Å²) in [4.78, 5) is 14.8. The van der Waals surface area contributed by atoms with Gasteiger partial charge in [-0.25, -0.2) is 9.78 Å². The third kappa shape index (κ3) is 1.96. The molecule has 0 radical (unpaired) electrons. The Morgan fingerprint density at radius 1 is 1.53 bits per heavy atom. The number of hydrogen-bond acceptors (Lipinski definition) is 4. The minimum Gasteiger partial charge on any atom is -0.478 e. The van der Waals surface area contributed by atoms with Gasteiger partial charge in [0.1, 0.15) is 11.4 Å². The van der Waals surface area contributed by atoms with Crippen molar-refractivity contribution >= 4 is 11.8 Å². The minimum atomic E-state index is -1.08. The molecule has 0 unspecified atom stereocenters. The Bertz CT molecular complexity index is 589. The lowest BCUT2D eigenvalue weighted by molar-refractivity contribution is 0.0697. The second kappa shape index (κ2) is 3.89. The summed E-state index contributed by atoms with van der Waals surface area (Å²) in [6, 6.07) is 1.51. The molecule has 0 spiro atoms. The first kappa shape index (κ1) is 11.1. The van der Waals surface area contributed by atoms with E-state index in [1.165, 1.54) is 6.07 Å². The van der Waals surface area contributed by atoms with Crippen LogP contribution in [0, 0.1) is 6.92 Å². The fourth-order valence-corrected chi connectivity index (χ4v) is 1.68. The summed E-state index contributed by atoms with van der Waals surface area (Å²) in [6.07, 6.45) is 3.36. The van der Waals surface area contributed by atoms with Crippen LogP contribution in [0.2, 0.25) is 0 Å². The van der Waals surface area contributed by atoms with E-state index in [1.54, 1.807) is 17.9 Å². The zero-order valence-corrected chi connectivity index (χ0v) is 9.51. The van der Waals surface area contributed by atoms with Gasteiger partial charge in [-0.2, -0.15) is 5.10 Å². The third-order valence-corrected chi connectivity index (χ3v) is 2.47. The number of carboxylic acids is 1. The quantitative estimate of drug-likeness (QED) is 0.807. The van der Waals surface area contributed by atoms with Crippen LogP contribution in [0.5, 0.6) is 0 Å². The summed E-state index contributed by atoms with van der Waals surface area (Å²) in [7, 11) is 1.80. The Balaban J connectivity index is 2.57. The highest BCUT2D eigenvalue weighted by Crippen LogP contribution is 2.24. The molecule has 6 nitrogen and oxygen atoms in total. The van der Waals surface area contributed by atoms with Crippen molar-refractivity contribution in [1.29, 1.82) is 0 Å². The number of nitrogens with zero attached hydrogens (tertiary/aromatic N) is 3. The van der Waals surface area contributed by atoms with Gasteiger partial charge in [0.2, 0.25) is 0 Å². The molecule has 17 heavy (non-hydrogen) atoms. The zero-order valence-electron chi connectivity index (χ0n) is 9.51. The van der Waals surface area contributed by atoms with Gasteiger partial charge in [0, 0.05) is 30.6 Å². The molecule has 0 bridgehead atoms. The number of carbonyl (C=O) groups is 1. The van der Waals surface area contributed by atoms with Crippen LogP contribution >= 0.6 is 0 Å². The van der Waals surface area contributed by atoms with Crippen LogP contribution in [0.1, 0.15) is 16.1 Å². The molecule has 0 fully saturated rings. The Morgan fingerprint density at radius 2 is 2.24 bits per heavy atom. The first-order valence-corrected chi connectivity index (χ1v) is 4.98. The molecule has 3 N–H and O–H groups in total. The van der Waals surface area contributed by atoms with Crippen LogP contribution in [0.15, 0.2) is 18.5 Å². The van der Waals surface area contributed by atoms with Crippen molar-refractivity contribution in [2.24, 2.45) is 7.05 Å². The van der Waals surface area contributed by atoms with E-state index < -0.39 is 5.97 Å². The smallest absolute Gasteiger partial charge is 0.339 e. The molecular formula is C11H12N4O2. The van der Waals surface area contributed by atoms with E-state index in [1.807, 2.05) is 13.1 Å². The van der Waals surface area contributed by atoms with E-state index in [9.17, 15) is 4.79 Å². The number of hydrogen-bond donors (Lipinski definition) is 2. The first-order chi connectivity index (χ1) is 7.99. The lowest BCUT2D eigenvalue weighted by Crippen LogP contribution is -2.04. The van der Waals surface area contributed by atoms with Crippen LogP contribution in [-0.2, 0) is 7.05 Å². The summed E-state index contributed by atoms with van der Waals surface area (Å²) in [5.41, 5.74) is 7.87. The molecule has 0 aromatic carbocycles.